The Balaban J connectivity index is 1.44. The second-order valence-electron chi connectivity index (χ2n) is 8.01. The highest BCUT2D eigenvalue weighted by molar-refractivity contribution is 6.05. The van der Waals surface area contributed by atoms with Gasteiger partial charge in [0.25, 0.3) is 5.91 Å². The Bertz CT molecular complexity index is 1130. The van der Waals surface area contributed by atoms with E-state index in [9.17, 15) is 9.59 Å². The number of carbonyl (C=O) groups is 2. The van der Waals surface area contributed by atoms with Gasteiger partial charge in [0, 0.05) is 28.3 Å². The van der Waals surface area contributed by atoms with E-state index in [0.29, 0.717) is 23.8 Å². The first-order valence-corrected chi connectivity index (χ1v) is 10.7. The number of anilines is 3. The average Bonchev–Trinajstić information content (AvgIpc) is 3.56. The molecule has 0 bridgehead atoms. The van der Waals surface area contributed by atoms with Gasteiger partial charge in [0.2, 0.25) is 5.95 Å². The van der Waals surface area contributed by atoms with Crippen LogP contribution in [-0.4, -0.2) is 28.5 Å². The number of rotatable bonds is 7. The van der Waals surface area contributed by atoms with Gasteiger partial charge in [0.1, 0.15) is 0 Å². The summed E-state index contributed by atoms with van der Waals surface area (Å²) in [7, 11) is 0. The van der Waals surface area contributed by atoms with E-state index in [2.05, 4.69) is 20.6 Å². The van der Waals surface area contributed by atoms with Gasteiger partial charge in [-0.15, -0.1) is 0 Å². The van der Waals surface area contributed by atoms with E-state index < -0.39 is 5.41 Å². The minimum absolute atomic E-state index is 0.172. The predicted molar refractivity (Wildman–Crippen MR) is 123 cm³/mol. The van der Waals surface area contributed by atoms with Crippen molar-refractivity contribution in [2.45, 2.75) is 39.0 Å². The first-order valence-electron chi connectivity index (χ1n) is 10.7. The monoisotopic (exact) mass is 430 g/mol. The molecule has 1 heterocycles. The van der Waals surface area contributed by atoms with Crippen molar-refractivity contribution in [2.24, 2.45) is 0 Å². The van der Waals surface area contributed by atoms with Gasteiger partial charge in [-0.25, -0.2) is 9.97 Å². The zero-order chi connectivity index (χ0) is 22.7. The fourth-order valence-corrected chi connectivity index (χ4v) is 3.73. The standard InChI is InChI=1S/C25H26N4O3/c1-4-32-23(31)25(12-13-25)19-8-10-20(11-9-19)28-22(30)18-6-5-7-21(15-18)29-24-26-16(2)14-17(3)27-24/h5-11,14-15H,4,12-13H2,1-3H3,(H,28,30)(H,26,27,29). The fraction of sp³-hybridized carbons (Fsp3) is 0.280. The molecule has 2 aromatic carbocycles. The molecule has 4 rings (SSSR count). The minimum atomic E-state index is -0.519. The molecule has 1 fully saturated rings. The molecule has 7 heteroatoms. The molecule has 1 aromatic heterocycles. The average molecular weight is 431 g/mol. The summed E-state index contributed by atoms with van der Waals surface area (Å²) in [6.45, 7) is 6.00. The topological polar surface area (TPSA) is 93.2 Å². The molecule has 164 valence electrons. The van der Waals surface area contributed by atoms with Crippen molar-refractivity contribution in [1.82, 2.24) is 9.97 Å². The second kappa shape index (κ2) is 8.78. The normalized spacial score (nSPS) is 13.8. The van der Waals surface area contributed by atoms with Crippen molar-refractivity contribution in [3.63, 3.8) is 0 Å². The number of nitrogens with zero attached hydrogens (tertiary/aromatic N) is 2. The SMILES string of the molecule is CCOC(=O)C1(c2ccc(NC(=O)c3cccc(Nc4nc(C)cc(C)n4)c3)cc2)CC1. The molecule has 0 atom stereocenters. The van der Waals surface area contributed by atoms with Crippen molar-refractivity contribution in [1.29, 1.82) is 0 Å². The van der Waals surface area contributed by atoms with Crippen LogP contribution in [0.15, 0.2) is 54.6 Å². The lowest BCUT2D eigenvalue weighted by Crippen LogP contribution is -2.23. The second-order valence-corrected chi connectivity index (χ2v) is 8.01. The maximum Gasteiger partial charge on any atom is 0.316 e. The van der Waals surface area contributed by atoms with Crippen LogP contribution in [0, 0.1) is 13.8 Å². The molecule has 1 saturated carbocycles. The number of aromatic nitrogens is 2. The van der Waals surface area contributed by atoms with E-state index in [-0.39, 0.29) is 11.9 Å². The number of amides is 1. The van der Waals surface area contributed by atoms with Crippen LogP contribution in [0.5, 0.6) is 0 Å². The molecule has 0 spiro atoms. The Morgan fingerprint density at radius 1 is 0.969 bits per heavy atom. The number of hydrogen-bond donors (Lipinski definition) is 2. The van der Waals surface area contributed by atoms with Gasteiger partial charge in [-0.1, -0.05) is 18.2 Å². The highest BCUT2D eigenvalue weighted by Crippen LogP contribution is 2.49. The summed E-state index contributed by atoms with van der Waals surface area (Å²) in [5.74, 6) is 0.0920. The quantitative estimate of drug-likeness (QED) is 0.529. The number of nitrogens with one attached hydrogen (secondary N) is 2. The first kappa shape index (κ1) is 21.5. The number of hydrogen-bond acceptors (Lipinski definition) is 6. The van der Waals surface area contributed by atoms with Gasteiger partial charge in [0.15, 0.2) is 0 Å². The lowest BCUT2D eigenvalue weighted by molar-refractivity contribution is -0.146. The number of benzene rings is 2. The van der Waals surface area contributed by atoms with Gasteiger partial charge < -0.3 is 15.4 Å². The van der Waals surface area contributed by atoms with E-state index >= 15 is 0 Å². The Morgan fingerprint density at radius 2 is 1.66 bits per heavy atom. The van der Waals surface area contributed by atoms with Gasteiger partial charge in [-0.05, 0) is 75.6 Å². The van der Waals surface area contributed by atoms with Crippen LogP contribution in [0.1, 0.15) is 47.1 Å². The highest BCUT2D eigenvalue weighted by Gasteiger charge is 2.52. The molecular formula is C25H26N4O3. The number of aryl methyl sites for hydroxylation is 2. The summed E-state index contributed by atoms with van der Waals surface area (Å²) in [6, 6.07) is 16.5. The summed E-state index contributed by atoms with van der Waals surface area (Å²) in [5, 5.41) is 6.06. The maximum absolute atomic E-state index is 12.8. The van der Waals surface area contributed by atoms with Crippen LogP contribution in [0.4, 0.5) is 17.3 Å². The molecule has 0 unspecified atom stereocenters. The van der Waals surface area contributed by atoms with E-state index in [1.54, 1.807) is 18.2 Å². The lowest BCUT2D eigenvalue weighted by Gasteiger charge is -2.15. The Labute approximate surface area is 187 Å². The summed E-state index contributed by atoms with van der Waals surface area (Å²) >= 11 is 0. The molecule has 7 nitrogen and oxygen atoms in total. The molecule has 1 aliphatic rings. The van der Waals surface area contributed by atoms with Gasteiger partial charge >= 0.3 is 5.97 Å². The minimum Gasteiger partial charge on any atom is -0.465 e. The maximum atomic E-state index is 12.8. The summed E-state index contributed by atoms with van der Waals surface area (Å²) in [6.07, 6.45) is 1.59. The molecule has 1 amide bonds. The van der Waals surface area contributed by atoms with E-state index in [1.807, 2.05) is 57.2 Å². The molecule has 32 heavy (non-hydrogen) atoms. The Morgan fingerprint density at radius 3 is 2.28 bits per heavy atom. The Kier molecular flexibility index (Phi) is 5.90. The third-order valence-corrected chi connectivity index (χ3v) is 5.47. The van der Waals surface area contributed by atoms with Crippen LogP contribution < -0.4 is 10.6 Å². The van der Waals surface area contributed by atoms with Crippen LogP contribution in [0.2, 0.25) is 0 Å². The largest absolute Gasteiger partial charge is 0.465 e. The Hall–Kier alpha value is -3.74. The smallest absolute Gasteiger partial charge is 0.316 e. The predicted octanol–water partition coefficient (Wildman–Crippen LogP) is 4.68. The van der Waals surface area contributed by atoms with Crippen molar-refractivity contribution in [2.75, 3.05) is 17.2 Å². The van der Waals surface area contributed by atoms with Crippen LogP contribution in [0.3, 0.4) is 0 Å². The van der Waals surface area contributed by atoms with E-state index in [4.69, 9.17) is 4.74 Å². The van der Waals surface area contributed by atoms with Crippen molar-refractivity contribution in [3.05, 3.63) is 77.1 Å². The molecular weight excluding hydrogens is 404 g/mol. The zero-order valence-corrected chi connectivity index (χ0v) is 18.4. The summed E-state index contributed by atoms with van der Waals surface area (Å²) in [4.78, 5) is 33.8. The number of esters is 1. The number of carbonyl (C=O) groups excluding carboxylic acids is 2. The van der Waals surface area contributed by atoms with E-state index in [1.165, 1.54) is 0 Å². The highest BCUT2D eigenvalue weighted by atomic mass is 16.5. The summed E-state index contributed by atoms with van der Waals surface area (Å²) < 4.78 is 5.22. The van der Waals surface area contributed by atoms with Gasteiger partial charge in [-0.3, -0.25) is 9.59 Å². The molecule has 3 aromatic rings. The molecule has 1 aliphatic carbocycles. The van der Waals surface area contributed by atoms with Crippen LogP contribution >= 0.6 is 0 Å². The van der Waals surface area contributed by atoms with Crippen LogP contribution in [0.25, 0.3) is 0 Å². The third-order valence-electron chi connectivity index (χ3n) is 5.47. The molecule has 0 saturated heterocycles. The van der Waals surface area contributed by atoms with Crippen molar-refractivity contribution < 1.29 is 14.3 Å². The summed E-state index contributed by atoms with van der Waals surface area (Å²) in [5.41, 5.74) is 4.04. The number of ether oxygens (including phenoxy) is 1. The fourth-order valence-electron chi connectivity index (χ4n) is 3.73. The van der Waals surface area contributed by atoms with Crippen molar-refractivity contribution >= 4 is 29.2 Å². The molecule has 0 aliphatic heterocycles. The zero-order valence-electron chi connectivity index (χ0n) is 18.4. The van der Waals surface area contributed by atoms with Crippen molar-refractivity contribution in [3.8, 4) is 0 Å². The first-order chi connectivity index (χ1) is 15.4. The van der Waals surface area contributed by atoms with Gasteiger partial charge in [0.05, 0.1) is 12.0 Å². The van der Waals surface area contributed by atoms with Crippen LogP contribution in [-0.2, 0) is 14.9 Å². The molecule has 2 N–H and O–H groups in total. The molecule has 0 radical (unpaired) electrons. The van der Waals surface area contributed by atoms with Gasteiger partial charge in [-0.2, -0.15) is 0 Å². The van der Waals surface area contributed by atoms with E-state index in [0.717, 1.165) is 35.5 Å². The lowest BCUT2D eigenvalue weighted by atomic mass is 9.96. The third kappa shape index (κ3) is 4.61.